The normalized spacial score (nSPS) is 12.3. The molecule has 1 aromatic carbocycles. The van der Waals surface area contributed by atoms with Gasteiger partial charge in [-0.2, -0.15) is 0 Å². The van der Waals surface area contributed by atoms with Gasteiger partial charge in [0, 0.05) is 0 Å². The van der Waals surface area contributed by atoms with Crippen LogP contribution in [-0.4, -0.2) is 21.0 Å². The monoisotopic (exact) mass is 220 g/mol. The molecule has 0 saturated carbocycles. The van der Waals surface area contributed by atoms with E-state index in [0.717, 1.165) is 11.5 Å². The van der Waals surface area contributed by atoms with Crippen molar-refractivity contribution in [1.29, 1.82) is 0 Å². The third kappa shape index (κ3) is 1.53. The maximum absolute atomic E-state index is 4.28. The number of aromatic nitrogens is 3. The van der Waals surface area contributed by atoms with Crippen LogP contribution in [0.4, 0.5) is 0 Å². The molecule has 2 aromatic rings. The molecule has 0 amide bonds. The van der Waals surface area contributed by atoms with Crippen LogP contribution in [0.15, 0.2) is 35.6 Å². The van der Waals surface area contributed by atoms with Crippen LogP contribution in [0, 0.1) is 0 Å². The van der Waals surface area contributed by atoms with Gasteiger partial charge in [-0.05, 0) is 11.6 Å². The maximum atomic E-state index is 4.28. The summed E-state index contributed by atoms with van der Waals surface area (Å²) in [7, 11) is 0. The summed E-state index contributed by atoms with van der Waals surface area (Å²) in [5.74, 6) is 0.787. The summed E-state index contributed by atoms with van der Waals surface area (Å²) >= 11 is 0. The minimum absolute atomic E-state index is 0. The fourth-order valence-corrected chi connectivity index (χ4v) is 1.62. The van der Waals surface area contributed by atoms with Crippen LogP contribution >= 0.6 is 12.4 Å². The van der Waals surface area contributed by atoms with E-state index in [1.54, 1.807) is 12.5 Å². The minimum Gasteiger partial charge on any atom is -0.284 e. The molecule has 0 atom stereocenters. The van der Waals surface area contributed by atoms with E-state index in [9.17, 15) is 0 Å². The van der Waals surface area contributed by atoms with Crippen molar-refractivity contribution in [3.63, 3.8) is 0 Å². The average molecular weight is 221 g/mol. The van der Waals surface area contributed by atoms with E-state index in [4.69, 9.17) is 0 Å². The number of halogens is 1. The third-order valence-electron chi connectivity index (χ3n) is 2.29. The molecule has 0 unspecified atom stereocenters. The molecule has 0 radical (unpaired) electrons. The van der Waals surface area contributed by atoms with E-state index in [-0.39, 0.29) is 12.4 Å². The standard InChI is InChI=1S/C10H8N4.ClH/c1-2-4-9-8(3-1)5-11-6-10-13-12-7-14(9)10;/h1-4,6-7H,5H2;1H. The predicted molar refractivity (Wildman–Crippen MR) is 59.9 cm³/mol. The van der Waals surface area contributed by atoms with E-state index in [1.165, 1.54) is 5.56 Å². The molecule has 2 heterocycles. The molecular formula is C10H9ClN4. The van der Waals surface area contributed by atoms with Gasteiger partial charge in [0.25, 0.3) is 0 Å². The minimum atomic E-state index is 0. The summed E-state index contributed by atoms with van der Waals surface area (Å²) in [6, 6.07) is 8.15. The molecular weight excluding hydrogens is 212 g/mol. The Morgan fingerprint density at radius 1 is 1.20 bits per heavy atom. The quantitative estimate of drug-likeness (QED) is 0.677. The highest BCUT2D eigenvalue weighted by molar-refractivity contribution is 5.85. The van der Waals surface area contributed by atoms with Crippen molar-refractivity contribution in [2.75, 3.05) is 0 Å². The van der Waals surface area contributed by atoms with Crippen LogP contribution in [0.1, 0.15) is 11.4 Å². The smallest absolute Gasteiger partial charge is 0.179 e. The highest BCUT2D eigenvalue weighted by atomic mass is 35.5. The van der Waals surface area contributed by atoms with Crippen molar-refractivity contribution in [2.24, 2.45) is 4.99 Å². The third-order valence-corrected chi connectivity index (χ3v) is 2.29. The summed E-state index contributed by atoms with van der Waals surface area (Å²) < 4.78 is 1.95. The van der Waals surface area contributed by atoms with Gasteiger partial charge in [-0.15, -0.1) is 22.6 Å². The second-order valence-electron chi connectivity index (χ2n) is 3.16. The Morgan fingerprint density at radius 2 is 2.07 bits per heavy atom. The fraction of sp³-hybridized carbons (Fsp3) is 0.100. The molecule has 3 rings (SSSR count). The number of hydrogen-bond donors (Lipinski definition) is 0. The van der Waals surface area contributed by atoms with E-state index in [2.05, 4.69) is 27.3 Å². The first kappa shape index (κ1) is 9.86. The Morgan fingerprint density at radius 3 is 3.00 bits per heavy atom. The van der Waals surface area contributed by atoms with Gasteiger partial charge in [0.2, 0.25) is 0 Å². The van der Waals surface area contributed by atoms with Gasteiger partial charge >= 0.3 is 0 Å². The molecule has 0 spiro atoms. The van der Waals surface area contributed by atoms with Gasteiger partial charge in [0.1, 0.15) is 6.33 Å². The zero-order chi connectivity index (χ0) is 9.38. The molecule has 5 heteroatoms. The van der Waals surface area contributed by atoms with Crippen molar-refractivity contribution >= 4 is 18.6 Å². The van der Waals surface area contributed by atoms with Gasteiger partial charge in [0.05, 0.1) is 18.4 Å². The topological polar surface area (TPSA) is 43.1 Å². The number of hydrogen-bond acceptors (Lipinski definition) is 3. The van der Waals surface area contributed by atoms with E-state index in [0.29, 0.717) is 6.54 Å². The zero-order valence-electron chi connectivity index (χ0n) is 7.87. The lowest BCUT2D eigenvalue weighted by molar-refractivity contribution is 1.01. The first-order valence-electron chi connectivity index (χ1n) is 4.43. The van der Waals surface area contributed by atoms with Crippen molar-refractivity contribution in [2.45, 2.75) is 6.54 Å². The van der Waals surface area contributed by atoms with Crippen LogP contribution in [0.3, 0.4) is 0 Å². The number of rotatable bonds is 0. The molecule has 0 fully saturated rings. The lowest BCUT2D eigenvalue weighted by Gasteiger charge is -2.05. The number of nitrogens with zero attached hydrogens (tertiary/aromatic N) is 4. The van der Waals surface area contributed by atoms with Gasteiger partial charge in [0.15, 0.2) is 5.82 Å². The van der Waals surface area contributed by atoms with Gasteiger partial charge in [-0.25, -0.2) is 0 Å². The Bertz CT molecular complexity index is 504. The SMILES string of the molecule is C1=NCc2ccccc2-n2cnnc21.Cl. The Hall–Kier alpha value is -1.68. The van der Waals surface area contributed by atoms with Gasteiger partial charge in [-0.1, -0.05) is 18.2 Å². The summed E-state index contributed by atoms with van der Waals surface area (Å²) in [5, 5.41) is 7.85. The van der Waals surface area contributed by atoms with Crippen molar-refractivity contribution in [1.82, 2.24) is 14.8 Å². The Labute approximate surface area is 93.1 Å². The molecule has 1 aromatic heterocycles. The number of fused-ring (bicyclic) bond motifs is 3. The van der Waals surface area contributed by atoms with E-state index >= 15 is 0 Å². The first-order valence-corrected chi connectivity index (χ1v) is 4.43. The Balaban J connectivity index is 0.000000853. The predicted octanol–water partition coefficient (Wildman–Crippen LogP) is 1.62. The summed E-state index contributed by atoms with van der Waals surface area (Å²) in [6.07, 6.45) is 3.47. The zero-order valence-corrected chi connectivity index (χ0v) is 8.68. The second kappa shape index (κ2) is 3.82. The molecule has 1 aliphatic rings. The lowest BCUT2D eigenvalue weighted by atomic mass is 10.2. The van der Waals surface area contributed by atoms with Crippen molar-refractivity contribution < 1.29 is 0 Å². The van der Waals surface area contributed by atoms with E-state index in [1.807, 2.05) is 16.7 Å². The van der Waals surface area contributed by atoms with Crippen LogP contribution in [0.2, 0.25) is 0 Å². The highest BCUT2D eigenvalue weighted by Crippen LogP contribution is 2.18. The first-order chi connectivity index (χ1) is 6.95. The summed E-state index contributed by atoms with van der Waals surface area (Å²) in [5.41, 5.74) is 2.31. The van der Waals surface area contributed by atoms with Crippen LogP contribution < -0.4 is 0 Å². The lowest BCUT2D eigenvalue weighted by Crippen LogP contribution is -1.99. The number of para-hydroxylation sites is 1. The summed E-state index contributed by atoms with van der Waals surface area (Å²) in [6.45, 7) is 0.708. The molecule has 0 N–H and O–H groups in total. The van der Waals surface area contributed by atoms with Crippen molar-refractivity contribution in [3.05, 3.63) is 42.0 Å². The number of aliphatic imine (C=N–C) groups is 1. The molecule has 0 bridgehead atoms. The van der Waals surface area contributed by atoms with Gasteiger partial charge < -0.3 is 0 Å². The van der Waals surface area contributed by atoms with Gasteiger partial charge in [-0.3, -0.25) is 9.56 Å². The van der Waals surface area contributed by atoms with Crippen molar-refractivity contribution in [3.8, 4) is 5.69 Å². The molecule has 76 valence electrons. The van der Waals surface area contributed by atoms with Crippen LogP contribution in [0.5, 0.6) is 0 Å². The second-order valence-corrected chi connectivity index (χ2v) is 3.16. The van der Waals surface area contributed by atoms with E-state index < -0.39 is 0 Å². The Kier molecular flexibility index (Phi) is 2.51. The number of benzene rings is 1. The largest absolute Gasteiger partial charge is 0.284 e. The molecule has 15 heavy (non-hydrogen) atoms. The molecule has 0 saturated heterocycles. The maximum Gasteiger partial charge on any atom is 0.179 e. The molecule has 0 aliphatic carbocycles. The molecule has 4 nitrogen and oxygen atoms in total. The average Bonchev–Trinajstić information content (AvgIpc) is 2.61. The van der Waals surface area contributed by atoms with Crippen LogP contribution in [0.25, 0.3) is 5.69 Å². The molecule has 1 aliphatic heterocycles. The summed E-state index contributed by atoms with van der Waals surface area (Å²) in [4.78, 5) is 4.28. The fourth-order valence-electron chi connectivity index (χ4n) is 1.62. The van der Waals surface area contributed by atoms with Crippen LogP contribution in [-0.2, 0) is 6.54 Å². The highest BCUT2D eigenvalue weighted by Gasteiger charge is 2.10.